The summed E-state index contributed by atoms with van der Waals surface area (Å²) in [5.74, 6) is 0.549. The molecule has 1 atom stereocenters. The number of ether oxygens (including phenoxy) is 2. The number of carbonyl (C=O) groups excluding carboxylic acids is 3. The second-order valence-electron chi connectivity index (χ2n) is 7.46. The van der Waals surface area contributed by atoms with Crippen LogP contribution >= 0.6 is 0 Å². The number of anilines is 1. The van der Waals surface area contributed by atoms with E-state index in [1.54, 1.807) is 67.8 Å². The highest BCUT2D eigenvalue weighted by atomic mass is 16.5. The van der Waals surface area contributed by atoms with Crippen LogP contribution < -0.4 is 14.4 Å². The molecule has 1 aliphatic rings. The van der Waals surface area contributed by atoms with Gasteiger partial charge in [0.05, 0.1) is 38.6 Å². The van der Waals surface area contributed by atoms with Crippen molar-refractivity contribution in [2.45, 2.75) is 25.9 Å². The molecule has 0 spiro atoms. The van der Waals surface area contributed by atoms with E-state index in [1.807, 2.05) is 6.92 Å². The summed E-state index contributed by atoms with van der Waals surface area (Å²) in [4.78, 5) is 42.1. The van der Waals surface area contributed by atoms with Crippen molar-refractivity contribution in [2.75, 3.05) is 18.6 Å². The summed E-state index contributed by atoms with van der Waals surface area (Å²) in [6.45, 7) is 2.44. The Morgan fingerprint density at radius 2 is 1.76 bits per heavy atom. The first kappa shape index (κ1) is 22.1. The summed E-state index contributed by atoms with van der Waals surface area (Å²) in [5, 5.41) is 0. The monoisotopic (exact) mass is 448 g/mol. The van der Waals surface area contributed by atoms with Crippen molar-refractivity contribution < 1.29 is 28.3 Å². The molecule has 0 saturated carbocycles. The first-order valence-electron chi connectivity index (χ1n) is 10.6. The van der Waals surface area contributed by atoms with Crippen molar-refractivity contribution in [3.05, 3.63) is 78.3 Å². The van der Waals surface area contributed by atoms with Crippen LogP contribution in [-0.4, -0.2) is 42.4 Å². The van der Waals surface area contributed by atoms with Crippen molar-refractivity contribution in [1.82, 2.24) is 4.90 Å². The van der Waals surface area contributed by atoms with E-state index in [0.717, 1.165) is 4.90 Å². The van der Waals surface area contributed by atoms with Gasteiger partial charge in [0.2, 0.25) is 5.91 Å². The van der Waals surface area contributed by atoms with Gasteiger partial charge in [-0.25, -0.2) is 4.90 Å². The Hall–Kier alpha value is -4.07. The predicted molar refractivity (Wildman–Crippen MR) is 120 cm³/mol. The molecule has 3 amide bonds. The van der Waals surface area contributed by atoms with E-state index in [9.17, 15) is 14.4 Å². The number of benzene rings is 2. The summed E-state index contributed by atoms with van der Waals surface area (Å²) in [6, 6.07) is 15.8. The SMILES string of the molecule is CCOc1ccc(N2C(=O)CC(N(Cc3ccco3)C(=O)c3ccc(OC)cc3)C2=O)cc1. The molecule has 1 saturated heterocycles. The number of carbonyl (C=O) groups is 3. The van der Waals surface area contributed by atoms with E-state index < -0.39 is 11.9 Å². The molecular formula is C25H24N2O6. The molecule has 1 aliphatic heterocycles. The van der Waals surface area contributed by atoms with Crippen LogP contribution in [0.25, 0.3) is 0 Å². The normalized spacial score (nSPS) is 15.6. The Bertz CT molecular complexity index is 1120. The van der Waals surface area contributed by atoms with Crippen LogP contribution in [0.3, 0.4) is 0 Å². The molecule has 1 unspecified atom stereocenters. The second-order valence-corrected chi connectivity index (χ2v) is 7.46. The summed E-state index contributed by atoms with van der Waals surface area (Å²) < 4.78 is 16.0. The molecule has 2 aromatic carbocycles. The van der Waals surface area contributed by atoms with Gasteiger partial charge in [-0.2, -0.15) is 0 Å². The molecule has 0 N–H and O–H groups in total. The summed E-state index contributed by atoms with van der Waals surface area (Å²) >= 11 is 0. The van der Waals surface area contributed by atoms with Crippen LogP contribution in [0.15, 0.2) is 71.3 Å². The molecule has 3 aromatic rings. The van der Waals surface area contributed by atoms with Crippen LogP contribution in [0.2, 0.25) is 0 Å². The zero-order chi connectivity index (χ0) is 23.4. The summed E-state index contributed by atoms with van der Waals surface area (Å²) in [7, 11) is 1.54. The molecule has 2 heterocycles. The largest absolute Gasteiger partial charge is 0.497 e. The first-order chi connectivity index (χ1) is 16.0. The molecule has 1 aromatic heterocycles. The van der Waals surface area contributed by atoms with Gasteiger partial charge in [0.15, 0.2) is 0 Å². The minimum atomic E-state index is -0.955. The molecule has 33 heavy (non-hydrogen) atoms. The Labute approximate surface area is 191 Å². The van der Waals surface area contributed by atoms with Gasteiger partial charge < -0.3 is 18.8 Å². The molecule has 8 nitrogen and oxygen atoms in total. The minimum Gasteiger partial charge on any atom is -0.497 e. The maximum atomic E-state index is 13.4. The number of imide groups is 1. The maximum absolute atomic E-state index is 13.4. The van der Waals surface area contributed by atoms with Crippen LogP contribution in [0.4, 0.5) is 5.69 Å². The molecule has 1 fully saturated rings. The Morgan fingerprint density at radius 1 is 1.06 bits per heavy atom. The van der Waals surface area contributed by atoms with Crippen LogP contribution in [0, 0.1) is 0 Å². The molecule has 0 aliphatic carbocycles. The van der Waals surface area contributed by atoms with Gasteiger partial charge in [0.1, 0.15) is 23.3 Å². The van der Waals surface area contributed by atoms with Crippen molar-refractivity contribution >= 4 is 23.4 Å². The third-order valence-corrected chi connectivity index (χ3v) is 5.41. The van der Waals surface area contributed by atoms with E-state index in [-0.39, 0.29) is 24.8 Å². The Morgan fingerprint density at radius 3 is 2.36 bits per heavy atom. The van der Waals surface area contributed by atoms with Crippen LogP contribution in [0.5, 0.6) is 11.5 Å². The average molecular weight is 448 g/mol. The predicted octanol–water partition coefficient (Wildman–Crippen LogP) is 3.66. The zero-order valence-electron chi connectivity index (χ0n) is 18.4. The number of furan rings is 1. The average Bonchev–Trinajstić information content (AvgIpc) is 3.45. The third-order valence-electron chi connectivity index (χ3n) is 5.41. The third kappa shape index (κ3) is 4.59. The van der Waals surface area contributed by atoms with Crippen LogP contribution in [-0.2, 0) is 16.1 Å². The van der Waals surface area contributed by atoms with Crippen molar-refractivity contribution in [3.8, 4) is 11.5 Å². The Kier molecular flexibility index (Phi) is 6.44. The van der Waals surface area contributed by atoms with E-state index in [2.05, 4.69) is 0 Å². The number of nitrogens with zero attached hydrogens (tertiary/aromatic N) is 2. The lowest BCUT2D eigenvalue weighted by Gasteiger charge is -2.27. The van der Waals surface area contributed by atoms with E-state index >= 15 is 0 Å². The summed E-state index contributed by atoms with van der Waals surface area (Å²) in [5.41, 5.74) is 0.813. The first-order valence-corrected chi connectivity index (χ1v) is 10.6. The van der Waals surface area contributed by atoms with Crippen molar-refractivity contribution in [1.29, 1.82) is 0 Å². The van der Waals surface area contributed by atoms with Gasteiger partial charge in [-0.1, -0.05) is 0 Å². The highest BCUT2D eigenvalue weighted by molar-refractivity contribution is 6.23. The van der Waals surface area contributed by atoms with Crippen molar-refractivity contribution in [3.63, 3.8) is 0 Å². The molecule has 4 rings (SSSR count). The molecule has 8 heteroatoms. The van der Waals surface area contributed by atoms with Gasteiger partial charge >= 0.3 is 0 Å². The fourth-order valence-electron chi connectivity index (χ4n) is 3.78. The maximum Gasteiger partial charge on any atom is 0.257 e. The van der Waals surface area contributed by atoms with E-state index in [0.29, 0.717) is 35.1 Å². The van der Waals surface area contributed by atoms with Gasteiger partial charge in [-0.3, -0.25) is 14.4 Å². The Balaban J connectivity index is 1.62. The van der Waals surface area contributed by atoms with Gasteiger partial charge in [-0.15, -0.1) is 0 Å². The lowest BCUT2D eigenvalue weighted by atomic mass is 10.1. The number of amides is 3. The second kappa shape index (κ2) is 9.60. The quantitative estimate of drug-likeness (QED) is 0.489. The van der Waals surface area contributed by atoms with Gasteiger partial charge in [-0.05, 0) is 67.6 Å². The van der Waals surface area contributed by atoms with Crippen LogP contribution in [0.1, 0.15) is 29.5 Å². The van der Waals surface area contributed by atoms with Gasteiger partial charge in [0, 0.05) is 5.56 Å². The highest BCUT2D eigenvalue weighted by Crippen LogP contribution is 2.29. The topological polar surface area (TPSA) is 89.3 Å². The van der Waals surface area contributed by atoms with E-state index in [4.69, 9.17) is 13.9 Å². The number of hydrogen-bond donors (Lipinski definition) is 0. The number of rotatable bonds is 8. The fraction of sp³-hybridized carbons (Fsp3) is 0.240. The highest BCUT2D eigenvalue weighted by Gasteiger charge is 2.44. The summed E-state index contributed by atoms with van der Waals surface area (Å²) in [6.07, 6.45) is 1.38. The number of hydrogen-bond acceptors (Lipinski definition) is 6. The van der Waals surface area contributed by atoms with Gasteiger partial charge in [0.25, 0.3) is 11.8 Å². The molecular weight excluding hydrogens is 424 g/mol. The van der Waals surface area contributed by atoms with Crippen molar-refractivity contribution in [2.24, 2.45) is 0 Å². The zero-order valence-corrected chi connectivity index (χ0v) is 18.4. The molecule has 0 radical (unpaired) electrons. The lowest BCUT2D eigenvalue weighted by molar-refractivity contribution is -0.122. The smallest absolute Gasteiger partial charge is 0.257 e. The molecule has 170 valence electrons. The molecule has 0 bridgehead atoms. The van der Waals surface area contributed by atoms with E-state index in [1.165, 1.54) is 11.2 Å². The minimum absolute atomic E-state index is 0.0542. The number of methoxy groups -OCH3 is 1. The standard InChI is InChI=1S/C25H24N2O6/c1-3-32-20-12-8-18(9-13-20)27-23(28)15-22(25(27)30)26(16-21-5-4-14-33-21)24(29)17-6-10-19(31-2)11-7-17/h4-14,22H,3,15-16H2,1-2H3. The lowest BCUT2D eigenvalue weighted by Crippen LogP contribution is -2.45. The fourth-order valence-corrected chi connectivity index (χ4v) is 3.78.